The molecule has 1 fully saturated rings. The number of nitrogens with zero attached hydrogens (tertiary/aromatic N) is 3. The second kappa shape index (κ2) is 9.81. The Hall–Kier alpha value is -3.82. The highest BCUT2D eigenvalue weighted by molar-refractivity contribution is 6.33. The van der Waals surface area contributed by atoms with Crippen LogP contribution in [-0.4, -0.2) is 51.5 Å². The highest BCUT2D eigenvalue weighted by Gasteiger charge is 2.49. The van der Waals surface area contributed by atoms with Crippen molar-refractivity contribution in [2.75, 3.05) is 6.61 Å². The van der Waals surface area contributed by atoms with E-state index in [1.807, 2.05) is 0 Å². The Morgan fingerprint density at radius 2 is 1.63 bits per heavy atom. The molecule has 0 aliphatic carbocycles. The molecule has 0 bridgehead atoms. The minimum atomic E-state index is -1.78. The summed E-state index contributed by atoms with van der Waals surface area (Å²) in [5.41, 5.74) is 0.946. The molecule has 8 nitrogen and oxygen atoms in total. The van der Waals surface area contributed by atoms with Crippen molar-refractivity contribution in [2.24, 2.45) is 0 Å². The first kappa shape index (κ1) is 22.9. The van der Waals surface area contributed by atoms with Gasteiger partial charge in [-0.05, 0) is 30.3 Å². The Balaban J connectivity index is 1.40. The number of rotatable bonds is 6. The zero-order chi connectivity index (χ0) is 24.4. The van der Waals surface area contributed by atoms with Crippen molar-refractivity contribution in [1.29, 1.82) is 0 Å². The van der Waals surface area contributed by atoms with Gasteiger partial charge in [0.15, 0.2) is 18.5 Å². The molecule has 0 spiro atoms. The molecule has 3 unspecified atom stereocenters. The van der Waals surface area contributed by atoms with E-state index in [-0.39, 0.29) is 17.3 Å². The minimum Gasteiger partial charge on any atom is -0.459 e. The SMILES string of the molecule is O=C(OCC1OC(n2ccc3c(Cl)ncnc32)C(F)[C@@H]1OC(=O)c1ccccc1)c1ccccc1. The Bertz CT molecular complexity index is 1350. The van der Waals surface area contributed by atoms with Gasteiger partial charge in [-0.3, -0.25) is 0 Å². The molecule has 1 saturated heterocycles. The van der Waals surface area contributed by atoms with Crippen molar-refractivity contribution in [2.45, 2.75) is 24.6 Å². The van der Waals surface area contributed by atoms with Crippen LogP contribution >= 0.6 is 11.6 Å². The molecule has 3 heterocycles. The summed E-state index contributed by atoms with van der Waals surface area (Å²) in [4.78, 5) is 33.3. The van der Waals surface area contributed by atoms with E-state index in [0.717, 1.165) is 0 Å². The molecule has 1 aliphatic heterocycles. The molecule has 5 rings (SSSR count). The van der Waals surface area contributed by atoms with Crippen LogP contribution in [0, 0.1) is 0 Å². The van der Waals surface area contributed by atoms with E-state index >= 15 is 4.39 Å². The number of fused-ring (bicyclic) bond motifs is 1. The molecule has 0 amide bonds. The van der Waals surface area contributed by atoms with Gasteiger partial charge in [0.25, 0.3) is 0 Å². The van der Waals surface area contributed by atoms with Gasteiger partial charge >= 0.3 is 11.9 Å². The Morgan fingerprint density at radius 3 is 2.31 bits per heavy atom. The fourth-order valence-electron chi connectivity index (χ4n) is 3.92. The number of benzene rings is 2. The third-order valence-corrected chi connectivity index (χ3v) is 5.94. The molecule has 1 aliphatic rings. The summed E-state index contributed by atoms with van der Waals surface area (Å²) in [6.45, 7) is -0.327. The summed E-state index contributed by atoms with van der Waals surface area (Å²) in [5.74, 6) is -1.32. The molecule has 2 aromatic carbocycles. The fourth-order valence-corrected chi connectivity index (χ4v) is 4.11. The summed E-state index contributed by atoms with van der Waals surface area (Å²) in [5, 5.41) is 0.726. The van der Waals surface area contributed by atoms with E-state index in [1.54, 1.807) is 72.9 Å². The average Bonchev–Trinajstić information content (AvgIpc) is 3.45. The molecule has 10 heteroatoms. The van der Waals surface area contributed by atoms with Crippen LogP contribution in [0.15, 0.2) is 79.3 Å². The summed E-state index contributed by atoms with van der Waals surface area (Å²) >= 11 is 6.12. The van der Waals surface area contributed by atoms with Crippen LogP contribution in [0.3, 0.4) is 0 Å². The summed E-state index contributed by atoms with van der Waals surface area (Å²) < 4.78 is 34.1. The van der Waals surface area contributed by atoms with Gasteiger partial charge in [-0.15, -0.1) is 0 Å². The number of ether oxygens (including phenoxy) is 3. The Morgan fingerprint density at radius 1 is 0.971 bits per heavy atom. The van der Waals surface area contributed by atoms with Crippen LogP contribution in [-0.2, 0) is 14.2 Å². The van der Waals surface area contributed by atoms with Crippen molar-refractivity contribution in [3.63, 3.8) is 0 Å². The maximum absolute atomic E-state index is 15.8. The normalized spacial score (nSPS) is 21.7. The third kappa shape index (κ3) is 4.60. The first-order chi connectivity index (χ1) is 17.0. The number of esters is 2. The van der Waals surface area contributed by atoms with Gasteiger partial charge < -0.3 is 18.8 Å². The molecular formula is C25H19ClFN3O5. The van der Waals surface area contributed by atoms with Gasteiger partial charge in [0.2, 0.25) is 0 Å². The minimum absolute atomic E-state index is 0.211. The maximum atomic E-state index is 15.8. The van der Waals surface area contributed by atoms with Crippen LogP contribution in [0.25, 0.3) is 11.0 Å². The van der Waals surface area contributed by atoms with Crippen molar-refractivity contribution in [1.82, 2.24) is 14.5 Å². The molecule has 35 heavy (non-hydrogen) atoms. The Labute approximate surface area is 204 Å². The number of alkyl halides is 1. The summed E-state index contributed by atoms with van der Waals surface area (Å²) in [7, 11) is 0. The lowest BCUT2D eigenvalue weighted by Gasteiger charge is -2.19. The van der Waals surface area contributed by atoms with Crippen molar-refractivity contribution in [3.8, 4) is 0 Å². The van der Waals surface area contributed by atoms with Crippen LogP contribution in [0.2, 0.25) is 5.15 Å². The van der Waals surface area contributed by atoms with Gasteiger partial charge in [0.05, 0.1) is 16.5 Å². The number of carbonyl (C=O) groups is 2. The number of aromatic nitrogens is 3. The number of hydrogen-bond acceptors (Lipinski definition) is 7. The van der Waals surface area contributed by atoms with E-state index in [0.29, 0.717) is 16.6 Å². The van der Waals surface area contributed by atoms with E-state index in [2.05, 4.69) is 9.97 Å². The summed E-state index contributed by atoms with van der Waals surface area (Å²) in [6.07, 6.45) is -2.57. The monoisotopic (exact) mass is 495 g/mol. The highest BCUT2D eigenvalue weighted by atomic mass is 35.5. The van der Waals surface area contributed by atoms with Crippen LogP contribution in [0.4, 0.5) is 4.39 Å². The fraction of sp³-hybridized carbons (Fsp3) is 0.200. The van der Waals surface area contributed by atoms with Crippen molar-refractivity contribution < 1.29 is 28.2 Å². The van der Waals surface area contributed by atoms with E-state index in [1.165, 1.54) is 10.9 Å². The van der Waals surface area contributed by atoms with E-state index in [4.69, 9.17) is 25.8 Å². The second-order valence-corrected chi connectivity index (χ2v) is 8.19. The van der Waals surface area contributed by atoms with Crippen molar-refractivity contribution in [3.05, 3.63) is 95.5 Å². The van der Waals surface area contributed by atoms with Gasteiger partial charge in [0.1, 0.15) is 29.8 Å². The van der Waals surface area contributed by atoms with Gasteiger partial charge in [-0.1, -0.05) is 48.0 Å². The van der Waals surface area contributed by atoms with Crippen LogP contribution in [0.5, 0.6) is 0 Å². The molecule has 2 aromatic heterocycles. The zero-order valence-corrected chi connectivity index (χ0v) is 18.9. The predicted molar refractivity (Wildman–Crippen MR) is 124 cm³/mol. The lowest BCUT2D eigenvalue weighted by Crippen LogP contribution is -2.37. The van der Waals surface area contributed by atoms with Gasteiger partial charge in [0, 0.05) is 6.20 Å². The quantitative estimate of drug-likeness (QED) is 0.289. The van der Waals surface area contributed by atoms with Gasteiger partial charge in [-0.25, -0.2) is 23.9 Å². The molecule has 4 atom stereocenters. The lowest BCUT2D eigenvalue weighted by molar-refractivity contribution is -0.0568. The smallest absolute Gasteiger partial charge is 0.338 e. The van der Waals surface area contributed by atoms with E-state index < -0.39 is 36.5 Å². The lowest BCUT2D eigenvalue weighted by atomic mass is 10.1. The van der Waals surface area contributed by atoms with Crippen molar-refractivity contribution >= 4 is 34.6 Å². The largest absolute Gasteiger partial charge is 0.459 e. The Kier molecular flexibility index (Phi) is 6.43. The average molecular weight is 496 g/mol. The molecule has 0 saturated carbocycles. The predicted octanol–water partition coefficient (Wildman–Crippen LogP) is 4.40. The summed E-state index contributed by atoms with van der Waals surface area (Å²) in [6, 6.07) is 18.2. The molecule has 178 valence electrons. The standard InChI is InChI=1S/C25H19ClFN3O5/c26-21-17-11-12-30(22(17)29-14-28-21)23-19(27)20(35-25(32)16-9-5-2-6-10-16)18(34-23)13-33-24(31)15-7-3-1-4-8-15/h1-12,14,18-20,23H,13H2/t18?,19?,20-,23?/m1/s1. The second-order valence-electron chi connectivity index (χ2n) is 7.83. The van der Waals surface area contributed by atoms with E-state index in [9.17, 15) is 9.59 Å². The molecule has 4 aromatic rings. The number of carbonyl (C=O) groups excluding carboxylic acids is 2. The van der Waals surface area contributed by atoms with Crippen LogP contribution < -0.4 is 0 Å². The molecule has 0 N–H and O–H groups in total. The topological polar surface area (TPSA) is 92.5 Å². The number of halogens is 2. The van der Waals surface area contributed by atoms with Gasteiger partial charge in [-0.2, -0.15) is 0 Å². The molecular weight excluding hydrogens is 477 g/mol. The highest BCUT2D eigenvalue weighted by Crippen LogP contribution is 2.37. The zero-order valence-electron chi connectivity index (χ0n) is 18.2. The first-order valence-corrected chi connectivity index (χ1v) is 11.2. The maximum Gasteiger partial charge on any atom is 0.338 e. The molecule has 0 radical (unpaired) electrons. The van der Waals surface area contributed by atoms with Crippen LogP contribution in [0.1, 0.15) is 26.9 Å². The first-order valence-electron chi connectivity index (χ1n) is 10.8. The number of hydrogen-bond donors (Lipinski definition) is 0. The third-order valence-electron chi connectivity index (χ3n) is 5.64.